The van der Waals surface area contributed by atoms with Crippen molar-refractivity contribution in [2.24, 2.45) is 4.99 Å². The summed E-state index contributed by atoms with van der Waals surface area (Å²) in [5, 5.41) is 9.74. The first-order chi connectivity index (χ1) is 9.29. The quantitative estimate of drug-likeness (QED) is 0.648. The molecule has 0 aliphatic carbocycles. The van der Waals surface area contributed by atoms with Gasteiger partial charge in [-0.3, -0.25) is 4.99 Å². The predicted octanol–water partition coefficient (Wildman–Crippen LogP) is 2.91. The Hall–Kier alpha value is -0.680. The standard InChI is InChI=1S/C14H23N3S2/c1-11(13-6-4-8-19-13)9-16-14(15-2)17-10-12-5-3-7-18-12/h4,6,8,11-12H,3,5,7,9-10H2,1-2H3,(H2,15,16,17). The molecule has 0 bridgehead atoms. The molecule has 0 radical (unpaired) electrons. The van der Waals surface area contributed by atoms with Crippen LogP contribution in [0.3, 0.4) is 0 Å². The summed E-state index contributed by atoms with van der Waals surface area (Å²) in [7, 11) is 1.84. The Morgan fingerprint density at radius 2 is 2.42 bits per heavy atom. The Kier molecular flexibility index (Phi) is 6.04. The molecular weight excluding hydrogens is 274 g/mol. The minimum absolute atomic E-state index is 0.527. The third-order valence-corrected chi connectivity index (χ3v) is 5.85. The molecule has 1 aliphatic rings. The monoisotopic (exact) mass is 297 g/mol. The van der Waals surface area contributed by atoms with Crippen molar-refractivity contribution >= 4 is 29.1 Å². The van der Waals surface area contributed by atoms with Crippen LogP contribution in [0.25, 0.3) is 0 Å². The lowest BCUT2D eigenvalue weighted by molar-refractivity contribution is 0.692. The highest BCUT2D eigenvalue weighted by molar-refractivity contribution is 8.00. The van der Waals surface area contributed by atoms with E-state index in [2.05, 4.69) is 51.8 Å². The second-order valence-electron chi connectivity index (χ2n) is 4.89. The molecule has 1 aromatic rings. The number of nitrogens with zero attached hydrogens (tertiary/aromatic N) is 1. The third-order valence-electron chi connectivity index (χ3n) is 3.35. The van der Waals surface area contributed by atoms with Crippen molar-refractivity contribution in [1.29, 1.82) is 0 Å². The van der Waals surface area contributed by atoms with Crippen LogP contribution in [0.15, 0.2) is 22.5 Å². The molecule has 2 rings (SSSR count). The Bertz CT molecular complexity index is 383. The Labute approximate surface area is 124 Å². The van der Waals surface area contributed by atoms with E-state index in [0.717, 1.165) is 24.3 Å². The van der Waals surface area contributed by atoms with Crippen LogP contribution in [0, 0.1) is 0 Å². The summed E-state index contributed by atoms with van der Waals surface area (Å²) in [6.45, 7) is 4.20. The highest BCUT2D eigenvalue weighted by atomic mass is 32.2. The summed E-state index contributed by atoms with van der Waals surface area (Å²) in [5.41, 5.74) is 0. The molecule has 2 unspecified atom stereocenters. The molecular formula is C14H23N3S2. The van der Waals surface area contributed by atoms with Crippen LogP contribution in [0.2, 0.25) is 0 Å². The molecule has 1 fully saturated rings. The van der Waals surface area contributed by atoms with Gasteiger partial charge in [-0.25, -0.2) is 0 Å². The lowest BCUT2D eigenvalue weighted by Gasteiger charge is -2.17. The van der Waals surface area contributed by atoms with Crippen LogP contribution in [0.4, 0.5) is 0 Å². The molecule has 0 saturated carbocycles. The van der Waals surface area contributed by atoms with E-state index in [9.17, 15) is 0 Å². The molecule has 2 heterocycles. The number of thiophene rings is 1. The number of rotatable bonds is 5. The van der Waals surface area contributed by atoms with Gasteiger partial charge in [0.15, 0.2) is 5.96 Å². The molecule has 1 aromatic heterocycles. The van der Waals surface area contributed by atoms with E-state index < -0.39 is 0 Å². The Morgan fingerprint density at radius 3 is 3.05 bits per heavy atom. The Balaban J connectivity index is 1.70. The van der Waals surface area contributed by atoms with Crippen LogP contribution in [0.5, 0.6) is 0 Å². The normalized spacial score (nSPS) is 21.4. The van der Waals surface area contributed by atoms with Gasteiger partial charge in [0.05, 0.1) is 0 Å². The smallest absolute Gasteiger partial charge is 0.191 e. The molecule has 1 aliphatic heterocycles. The van der Waals surface area contributed by atoms with Gasteiger partial charge in [-0.2, -0.15) is 11.8 Å². The summed E-state index contributed by atoms with van der Waals surface area (Å²) in [6, 6.07) is 4.31. The third kappa shape index (κ3) is 4.73. The van der Waals surface area contributed by atoms with Gasteiger partial charge in [0.2, 0.25) is 0 Å². The largest absolute Gasteiger partial charge is 0.356 e. The van der Waals surface area contributed by atoms with Crippen LogP contribution < -0.4 is 10.6 Å². The van der Waals surface area contributed by atoms with Gasteiger partial charge in [0, 0.05) is 36.2 Å². The van der Waals surface area contributed by atoms with Crippen LogP contribution in [-0.4, -0.2) is 37.1 Å². The van der Waals surface area contributed by atoms with Gasteiger partial charge < -0.3 is 10.6 Å². The van der Waals surface area contributed by atoms with Gasteiger partial charge in [-0.15, -0.1) is 11.3 Å². The number of aliphatic imine (C=N–C) groups is 1. The summed E-state index contributed by atoms with van der Waals surface area (Å²) < 4.78 is 0. The number of guanidine groups is 1. The van der Waals surface area contributed by atoms with Gasteiger partial charge >= 0.3 is 0 Å². The first-order valence-corrected chi connectivity index (χ1v) is 8.82. The molecule has 5 heteroatoms. The van der Waals surface area contributed by atoms with Crippen LogP contribution >= 0.6 is 23.1 Å². The van der Waals surface area contributed by atoms with Crippen molar-refractivity contribution in [1.82, 2.24) is 10.6 Å². The lowest BCUT2D eigenvalue weighted by atomic mass is 10.1. The fourth-order valence-corrected chi connectivity index (χ4v) is 4.15. The molecule has 2 atom stereocenters. The predicted molar refractivity (Wildman–Crippen MR) is 87.6 cm³/mol. The Morgan fingerprint density at radius 1 is 1.53 bits per heavy atom. The minimum Gasteiger partial charge on any atom is -0.356 e. The molecule has 0 aromatic carbocycles. The molecule has 1 saturated heterocycles. The average molecular weight is 297 g/mol. The van der Waals surface area contributed by atoms with E-state index >= 15 is 0 Å². The molecule has 106 valence electrons. The van der Waals surface area contributed by atoms with E-state index in [-0.39, 0.29) is 0 Å². The van der Waals surface area contributed by atoms with Gasteiger partial charge in [-0.1, -0.05) is 13.0 Å². The van der Waals surface area contributed by atoms with E-state index in [4.69, 9.17) is 0 Å². The summed E-state index contributed by atoms with van der Waals surface area (Å²) >= 11 is 3.89. The number of nitrogens with one attached hydrogen (secondary N) is 2. The highest BCUT2D eigenvalue weighted by Crippen LogP contribution is 2.25. The molecule has 19 heavy (non-hydrogen) atoms. The van der Waals surface area contributed by atoms with Crippen molar-refractivity contribution < 1.29 is 0 Å². The maximum absolute atomic E-state index is 4.29. The summed E-state index contributed by atoms with van der Waals surface area (Å²) in [6.07, 6.45) is 2.69. The first-order valence-electron chi connectivity index (χ1n) is 6.89. The van der Waals surface area contributed by atoms with Gasteiger partial charge in [-0.05, 0) is 30.0 Å². The van der Waals surface area contributed by atoms with Crippen molar-refractivity contribution in [3.63, 3.8) is 0 Å². The molecule has 2 N–H and O–H groups in total. The second-order valence-corrected chi connectivity index (χ2v) is 7.27. The average Bonchev–Trinajstić information content (AvgIpc) is 3.11. The minimum atomic E-state index is 0.527. The van der Waals surface area contributed by atoms with Crippen molar-refractivity contribution in [2.75, 3.05) is 25.9 Å². The lowest BCUT2D eigenvalue weighted by Crippen LogP contribution is -2.41. The molecule has 0 spiro atoms. The number of hydrogen-bond donors (Lipinski definition) is 2. The van der Waals surface area contributed by atoms with Crippen molar-refractivity contribution in [3.8, 4) is 0 Å². The van der Waals surface area contributed by atoms with E-state index in [1.165, 1.54) is 23.5 Å². The van der Waals surface area contributed by atoms with E-state index in [1.54, 1.807) is 0 Å². The SMILES string of the molecule is CN=C(NCC1CCCS1)NCC(C)c1cccs1. The number of thioether (sulfide) groups is 1. The zero-order chi connectivity index (χ0) is 13.5. The van der Waals surface area contributed by atoms with Crippen LogP contribution in [-0.2, 0) is 0 Å². The number of hydrogen-bond acceptors (Lipinski definition) is 3. The maximum atomic E-state index is 4.29. The zero-order valence-electron chi connectivity index (χ0n) is 11.7. The highest BCUT2D eigenvalue weighted by Gasteiger charge is 2.15. The van der Waals surface area contributed by atoms with Crippen molar-refractivity contribution in [3.05, 3.63) is 22.4 Å². The summed E-state index contributed by atoms with van der Waals surface area (Å²) in [5.74, 6) is 2.77. The topological polar surface area (TPSA) is 36.4 Å². The summed E-state index contributed by atoms with van der Waals surface area (Å²) in [4.78, 5) is 5.72. The fraction of sp³-hybridized carbons (Fsp3) is 0.643. The molecule has 3 nitrogen and oxygen atoms in total. The second kappa shape index (κ2) is 7.80. The van der Waals surface area contributed by atoms with Crippen LogP contribution in [0.1, 0.15) is 30.6 Å². The zero-order valence-corrected chi connectivity index (χ0v) is 13.3. The van der Waals surface area contributed by atoms with Gasteiger partial charge in [0.25, 0.3) is 0 Å². The van der Waals surface area contributed by atoms with E-state index in [0.29, 0.717) is 5.92 Å². The fourth-order valence-electron chi connectivity index (χ4n) is 2.16. The van der Waals surface area contributed by atoms with Gasteiger partial charge in [0.1, 0.15) is 0 Å². The first kappa shape index (κ1) is 14.7. The maximum Gasteiger partial charge on any atom is 0.191 e. The molecule has 0 amide bonds. The van der Waals surface area contributed by atoms with Crippen molar-refractivity contribution in [2.45, 2.75) is 30.9 Å². The van der Waals surface area contributed by atoms with E-state index in [1.807, 2.05) is 18.4 Å².